The number of halogens is 1. The molecule has 0 unspecified atom stereocenters. The highest BCUT2D eigenvalue weighted by Gasteiger charge is 2.38. The molecule has 7 nitrogen and oxygen atoms in total. The zero-order valence-electron chi connectivity index (χ0n) is 23.0. The first-order chi connectivity index (χ1) is 19.3. The maximum absolute atomic E-state index is 14.1. The molecule has 3 N–H and O–H groups in total. The Bertz CT molecular complexity index is 1440. The lowest BCUT2D eigenvalue weighted by Crippen LogP contribution is -2.43. The summed E-state index contributed by atoms with van der Waals surface area (Å²) < 4.78 is 45.3. The van der Waals surface area contributed by atoms with Crippen molar-refractivity contribution in [3.8, 4) is 5.75 Å². The van der Waals surface area contributed by atoms with Crippen LogP contribution in [0.15, 0.2) is 58.3 Å². The number of hydrogen-bond donors (Lipinski definition) is 3. The van der Waals surface area contributed by atoms with E-state index in [0.717, 1.165) is 37.6 Å². The molecule has 1 spiro atoms. The van der Waals surface area contributed by atoms with Crippen molar-refractivity contribution in [1.29, 1.82) is 0 Å². The molecule has 1 amide bonds. The molecule has 214 valence electrons. The summed E-state index contributed by atoms with van der Waals surface area (Å²) in [5.74, 6) is -1.24. The number of benzene rings is 2. The molecular formula is C31H38FN3O4S. The summed E-state index contributed by atoms with van der Waals surface area (Å²) in [6, 6.07) is 12.0. The highest BCUT2D eigenvalue weighted by atomic mass is 32.2. The third-order valence-electron chi connectivity index (χ3n) is 8.38. The Balaban J connectivity index is 1.27. The van der Waals surface area contributed by atoms with Crippen LogP contribution in [-0.4, -0.2) is 33.0 Å². The van der Waals surface area contributed by atoms with Gasteiger partial charge in [0.25, 0.3) is 5.91 Å². The Kier molecular flexibility index (Phi) is 8.61. The fraction of sp³-hybridized carbons (Fsp3) is 0.452. The van der Waals surface area contributed by atoms with Crippen LogP contribution in [-0.2, 0) is 28.3 Å². The van der Waals surface area contributed by atoms with Gasteiger partial charge in [0.05, 0.1) is 12.0 Å². The quantitative estimate of drug-likeness (QED) is 0.350. The summed E-state index contributed by atoms with van der Waals surface area (Å²) in [6.07, 6.45) is 11.2. The topological polar surface area (TPSA) is 100 Å². The minimum Gasteiger partial charge on any atom is -0.492 e. The second-order valence-electron chi connectivity index (χ2n) is 11.0. The molecule has 0 radical (unpaired) electrons. The molecule has 1 aromatic heterocycles. The van der Waals surface area contributed by atoms with E-state index in [0.29, 0.717) is 5.69 Å². The van der Waals surface area contributed by atoms with Crippen LogP contribution < -0.4 is 15.4 Å². The number of aromatic amines is 1. The van der Waals surface area contributed by atoms with Crippen molar-refractivity contribution in [3.63, 3.8) is 0 Å². The van der Waals surface area contributed by atoms with Crippen LogP contribution >= 0.6 is 0 Å². The van der Waals surface area contributed by atoms with Crippen molar-refractivity contribution >= 4 is 15.7 Å². The molecule has 3 aromatic rings. The average molecular weight is 568 g/mol. The van der Waals surface area contributed by atoms with Crippen LogP contribution in [0, 0.1) is 5.82 Å². The molecule has 2 aromatic carbocycles. The van der Waals surface area contributed by atoms with Gasteiger partial charge in [0.15, 0.2) is 11.6 Å². The number of para-hydroxylation sites is 1. The van der Waals surface area contributed by atoms with Crippen LogP contribution in [0.5, 0.6) is 5.75 Å². The zero-order chi connectivity index (χ0) is 28.2. The lowest BCUT2D eigenvalue weighted by molar-refractivity contribution is 0.0946. The highest BCUT2D eigenvalue weighted by molar-refractivity contribution is 7.91. The normalized spacial score (nSPS) is 17.6. The van der Waals surface area contributed by atoms with Gasteiger partial charge >= 0.3 is 0 Å². The van der Waals surface area contributed by atoms with Gasteiger partial charge in [-0.1, -0.05) is 63.1 Å². The Morgan fingerprint density at radius 3 is 2.35 bits per heavy atom. The molecule has 0 atom stereocenters. The van der Waals surface area contributed by atoms with Gasteiger partial charge < -0.3 is 20.4 Å². The van der Waals surface area contributed by atoms with E-state index in [9.17, 15) is 17.6 Å². The van der Waals surface area contributed by atoms with Gasteiger partial charge in [-0.25, -0.2) is 12.8 Å². The fourth-order valence-electron chi connectivity index (χ4n) is 6.21. The van der Waals surface area contributed by atoms with Crippen molar-refractivity contribution < 1.29 is 22.3 Å². The Hall–Kier alpha value is -3.17. The first-order valence-electron chi connectivity index (χ1n) is 14.2. The first kappa shape index (κ1) is 28.4. The number of amides is 1. The largest absolute Gasteiger partial charge is 0.492 e. The van der Waals surface area contributed by atoms with Gasteiger partial charge in [-0.15, -0.1) is 0 Å². The van der Waals surface area contributed by atoms with Crippen LogP contribution in [0.25, 0.3) is 0 Å². The van der Waals surface area contributed by atoms with Gasteiger partial charge in [-0.3, -0.25) is 4.79 Å². The fourth-order valence-corrected chi connectivity index (χ4v) is 7.64. The molecule has 2 aliphatic rings. The predicted molar refractivity (Wildman–Crippen MR) is 152 cm³/mol. The number of aromatic nitrogens is 1. The van der Waals surface area contributed by atoms with E-state index in [1.54, 1.807) is 12.1 Å². The van der Waals surface area contributed by atoms with E-state index in [1.807, 2.05) is 6.07 Å². The van der Waals surface area contributed by atoms with Gasteiger partial charge in [0.1, 0.15) is 10.6 Å². The van der Waals surface area contributed by atoms with E-state index in [4.69, 9.17) is 4.74 Å². The molecule has 1 fully saturated rings. The Morgan fingerprint density at radius 2 is 1.68 bits per heavy atom. The average Bonchev–Trinajstić information content (AvgIpc) is 3.41. The zero-order valence-corrected chi connectivity index (χ0v) is 23.8. The van der Waals surface area contributed by atoms with Crippen molar-refractivity contribution in [2.75, 3.05) is 13.7 Å². The predicted octanol–water partition coefficient (Wildman–Crippen LogP) is 5.79. The summed E-state index contributed by atoms with van der Waals surface area (Å²) in [5.41, 5.74) is 3.76. The Labute approximate surface area is 235 Å². The number of sulfone groups is 1. The number of hydrogen-bond acceptors (Lipinski definition) is 5. The SMILES string of the molecule is COc1c(F)cccc1S(=O)(=O)c1ccc(CNC(=O)c2cc3c([nH]2)C2(CCCCCCCCC2)CNC3)cc1. The lowest BCUT2D eigenvalue weighted by Gasteiger charge is -2.38. The van der Waals surface area contributed by atoms with E-state index in [2.05, 4.69) is 15.6 Å². The summed E-state index contributed by atoms with van der Waals surface area (Å²) >= 11 is 0. The summed E-state index contributed by atoms with van der Waals surface area (Å²) in [6.45, 7) is 1.95. The summed E-state index contributed by atoms with van der Waals surface area (Å²) in [7, 11) is -2.75. The number of nitrogens with one attached hydrogen (secondary N) is 3. The van der Waals surface area contributed by atoms with Crippen molar-refractivity contribution in [3.05, 3.63) is 76.9 Å². The molecular weight excluding hydrogens is 529 g/mol. The third kappa shape index (κ3) is 5.81. The summed E-state index contributed by atoms with van der Waals surface area (Å²) in [5, 5.41) is 6.57. The van der Waals surface area contributed by atoms with Crippen LogP contribution in [0.3, 0.4) is 0 Å². The highest BCUT2D eigenvalue weighted by Crippen LogP contribution is 2.40. The number of rotatable bonds is 6. The van der Waals surface area contributed by atoms with Crippen LogP contribution in [0.1, 0.15) is 85.1 Å². The number of ether oxygens (including phenoxy) is 1. The Morgan fingerprint density at radius 1 is 1.00 bits per heavy atom. The minimum atomic E-state index is -3.98. The van der Waals surface area contributed by atoms with Crippen LogP contribution in [0.2, 0.25) is 0 Å². The van der Waals surface area contributed by atoms with Crippen molar-refractivity contribution in [2.24, 2.45) is 0 Å². The third-order valence-corrected chi connectivity index (χ3v) is 10.2. The first-order valence-corrected chi connectivity index (χ1v) is 15.7. The smallest absolute Gasteiger partial charge is 0.267 e. The monoisotopic (exact) mass is 567 g/mol. The number of H-pyrrole nitrogens is 1. The maximum atomic E-state index is 14.1. The molecule has 5 rings (SSSR count). The second kappa shape index (κ2) is 12.1. The van der Waals surface area contributed by atoms with E-state index in [1.165, 1.54) is 87.6 Å². The van der Waals surface area contributed by atoms with Crippen LogP contribution in [0.4, 0.5) is 4.39 Å². The van der Waals surface area contributed by atoms with Crippen molar-refractivity contribution in [1.82, 2.24) is 15.6 Å². The molecule has 1 aliphatic carbocycles. The molecule has 0 bridgehead atoms. The molecule has 1 aliphatic heterocycles. The standard InChI is InChI=1S/C31H38FN3O4S/c1-39-28-25(32)10-9-11-27(28)40(37,38)24-14-12-22(13-15-24)19-34-30(36)26-18-23-20-33-21-31(29(23)35-26)16-7-5-3-2-4-6-8-17-31/h9-15,18,33,35H,2-8,16-17,19-21H2,1H3,(H,34,36). The maximum Gasteiger partial charge on any atom is 0.267 e. The van der Waals surface area contributed by atoms with Gasteiger partial charge in [0.2, 0.25) is 9.84 Å². The van der Waals surface area contributed by atoms with E-state index >= 15 is 0 Å². The van der Waals surface area contributed by atoms with Gasteiger partial charge in [0, 0.05) is 30.7 Å². The molecule has 1 saturated carbocycles. The number of methoxy groups -OCH3 is 1. The van der Waals surface area contributed by atoms with E-state index in [-0.39, 0.29) is 33.4 Å². The van der Waals surface area contributed by atoms with Crippen molar-refractivity contribution in [2.45, 2.75) is 86.1 Å². The molecule has 40 heavy (non-hydrogen) atoms. The van der Waals surface area contributed by atoms with Gasteiger partial charge in [-0.2, -0.15) is 0 Å². The second-order valence-corrected chi connectivity index (χ2v) is 13.0. The number of carbonyl (C=O) groups excluding carboxylic acids is 1. The lowest BCUT2D eigenvalue weighted by atomic mass is 9.72. The molecule has 2 heterocycles. The minimum absolute atomic E-state index is 0.0204. The number of fused-ring (bicyclic) bond motifs is 2. The summed E-state index contributed by atoms with van der Waals surface area (Å²) in [4.78, 5) is 16.4. The number of carbonyl (C=O) groups is 1. The molecule has 0 saturated heterocycles. The van der Waals surface area contributed by atoms with E-state index < -0.39 is 15.7 Å². The van der Waals surface area contributed by atoms with Gasteiger partial charge in [-0.05, 0) is 54.3 Å². The molecule has 9 heteroatoms.